The number of aromatic nitrogens is 1. The summed E-state index contributed by atoms with van der Waals surface area (Å²) in [6, 6.07) is 9.99. The van der Waals surface area contributed by atoms with E-state index in [1.165, 1.54) is 82.5 Å². The molecule has 0 aliphatic carbocycles. The van der Waals surface area contributed by atoms with Crippen LogP contribution >= 0.6 is 11.8 Å². The van der Waals surface area contributed by atoms with Crippen LogP contribution in [0.5, 0.6) is 11.5 Å². The van der Waals surface area contributed by atoms with Crippen LogP contribution in [-0.4, -0.2) is 278 Å². The second kappa shape index (κ2) is 55.8. The summed E-state index contributed by atoms with van der Waals surface area (Å²) in [5.74, 6) is -26.7. The Kier molecular flexibility index (Phi) is 44.9. The molecule has 1 fully saturated rings. The summed E-state index contributed by atoms with van der Waals surface area (Å²) in [4.78, 5) is 288. The predicted octanol–water partition coefficient (Wildman–Crippen LogP) is -0.677. The first kappa shape index (κ1) is 115. The molecule has 6 aromatic rings. The topological polar surface area (TPSA) is 680 Å². The lowest BCUT2D eigenvalue weighted by molar-refractivity contribution is -0.143. The van der Waals surface area contributed by atoms with Crippen molar-refractivity contribution in [3.05, 3.63) is 156 Å². The minimum atomic E-state index is -2.16. The van der Waals surface area contributed by atoms with E-state index >= 15 is 33.6 Å². The molecule has 1 aliphatic rings. The van der Waals surface area contributed by atoms with Gasteiger partial charge in [-0.2, -0.15) is 0 Å². The molecule has 2 heterocycles. The molecule has 774 valence electrons. The van der Waals surface area contributed by atoms with Crippen LogP contribution in [0.15, 0.2) is 134 Å². The number of carbonyl (C=O) groups is 20. The number of primary amides is 2. The third-order valence-corrected chi connectivity index (χ3v) is 23.9. The fraction of sp³-hybridized carbons (Fsp3) is 0.469. The number of aliphatic hydroxyl groups excluding tert-OH is 1. The molecule has 0 radical (unpaired) electrons. The smallest absolute Gasteiger partial charge is 0.341 e. The van der Waals surface area contributed by atoms with Crippen molar-refractivity contribution in [3.63, 3.8) is 0 Å². The number of fused-ring (bicyclic) bond motifs is 1. The minimum absolute atomic E-state index is 0.0263. The van der Waals surface area contributed by atoms with Gasteiger partial charge in [0.05, 0.1) is 31.7 Å². The number of aliphatic carboxylic acids is 3. The van der Waals surface area contributed by atoms with Crippen LogP contribution in [0.1, 0.15) is 131 Å². The highest BCUT2D eigenvalue weighted by molar-refractivity contribution is 8.00. The Labute approximate surface area is 830 Å². The number of rotatable bonds is 31. The molecule has 5 aromatic carbocycles. The van der Waals surface area contributed by atoms with E-state index in [4.69, 9.17) is 20.9 Å². The van der Waals surface area contributed by atoms with Gasteiger partial charge >= 0.3 is 17.9 Å². The van der Waals surface area contributed by atoms with Crippen molar-refractivity contribution in [3.8, 4) is 22.6 Å². The molecule has 17 amide bonds. The molecule has 1 aromatic heterocycles. The number of H-pyrrole nitrogens is 1. The lowest BCUT2D eigenvalue weighted by Crippen LogP contribution is -2.62. The van der Waals surface area contributed by atoms with E-state index in [0.717, 1.165) is 16.0 Å². The van der Waals surface area contributed by atoms with Gasteiger partial charge in [0.1, 0.15) is 96.1 Å². The number of benzene rings is 5. The molecule has 0 unspecified atom stereocenters. The zero-order valence-corrected chi connectivity index (χ0v) is 82.4. The second-order valence-electron chi connectivity index (χ2n) is 36.7. The van der Waals surface area contributed by atoms with Crippen molar-refractivity contribution >= 4 is 141 Å². The molecule has 23 N–H and O–H groups in total. The summed E-state index contributed by atoms with van der Waals surface area (Å²) >= 11 is 0.630. The van der Waals surface area contributed by atoms with Gasteiger partial charge in [-0.1, -0.05) is 166 Å². The molecule has 1 saturated heterocycles. The van der Waals surface area contributed by atoms with Crippen LogP contribution in [0.4, 0.5) is 0 Å². The lowest BCUT2D eigenvalue weighted by atomic mass is 9.97. The summed E-state index contributed by atoms with van der Waals surface area (Å²) in [6.07, 6.45) is -2.69. The Morgan fingerprint density at radius 2 is 0.790 bits per heavy atom. The molecule has 0 bridgehead atoms. The Hall–Kier alpha value is -15.1. The maximum atomic E-state index is 15.6. The number of hydrogen-bond donors (Lipinski definition) is 21. The van der Waals surface area contributed by atoms with E-state index in [1.807, 2.05) is 30.3 Å². The maximum absolute atomic E-state index is 15.6. The fourth-order valence-electron chi connectivity index (χ4n) is 15.2. The Morgan fingerprint density at radius 3 is 1.24 bits per heavy atom. The van der Waals surface area contributed by atoms with Crippen LogP contribution in [-0.2, 0) is 122 Å². The third kappa shape index (κ3) is 37.5. The van der Waals surface area contributed by atoms with Crippen molar-refractivity contribution in [1.82, 2.24) is 84.3 Å². The van der Waals surface area contributed by atoms with E-state index in [-0.39, 0.29) is 54.2 Å². The second-order valence-corrected chi connectivity index (χ2v) is 37.8. The number of thioether (sulfide) groups is 1. The average molecular weight is 2010 g/mol. The number of carbonyl (C=O) groups excluding carboxylic acids is 17. The normalized spacial score (nSPS) is 22.4. The fourth-order valence-corrected chi connectivity index (χ4v) is 16.1. The lowest BCUT2D eigenvalue weighted by Gasteiger charge is -2.33. The van der Waals surface area contributed by atoms with Gasteiger partial charge in [-0.05, 0) is 119 Å². The number of aliphatic hydroxyl groups is 1. The van der Waals surface area contributed by atoms with E-state index in [1.54, 1.807) is 104 Å². The van der Waals surface area contributed by atoms with Crippen molar-refractivity contribution in [2.45, 2.75) is 219 Å². The van der Waals surface area contributed by atoms with Crippen molar-refractivity contribution in [2.24, 2.45) is 41.1 Å². The number of aromatic amines is 1. The van der Waals surface area contributed by atoms with Crippen molar-refractivity contribution in [1.29, 1.82) is 0 Å². The standard InChI is InChI=1S/C98H130N18O26S/c1-50(2)34-66-87(129)110-73(41-77(99)118)92(134)106-68(36-52(5)6)94(136)114-83(53(7)8)97(139)112-75(45-117)96(138)113-76(86(128)102-44-78(100)119)48-143-49-79(120)103-69(37-57-24-30-62(31-25-57)141-46-81(123)124)89(131)107-70(39-58-26-32-63(33-27-58)142-47-82(125)126)90(132)111-74(42-80(121)122)93(135)109-72(40-61-43-101-65-21-17-16-20-64(61)65)91(133)105-67(35-51(3)4)88(130)108-71(38-56-22-28-60(29-23-56)59-18-14-13-15-19-59)95(137)115-84(54(9)10)98(140)116(12)55(11)85(127)104-66/h13-33,43,50-55,66-76,83-84,101,117H,34-42,44-49H2,1-12H3,(H2,99,118)(H2,100,119)(H,102,128)(H,103,120)(H,104,127)(H,105,133)(H,106,134)(H,107,131)(H,108,130)(H,109,135)(H,110,129)(H,111,132)(H,112,139)(H,113,138)(H,114,136)(H,115,137)(H,121,122)(H,123,124)(H,125,126)/t55-,66+,67-,68-,69-,70-,71-,72-,73-,74-,75-,76-,83-,84-/m0/s1. The number of carboxylic acid groups (broad SMARTS) is 3. The number of ether oxygens (including phenoxy) is 2. The molecule has 45 heteroatoms. The van der Waals surface area contributed by atoms with E-state index in [9.17, 15) is 82.8 Å². The Morgan fingerprint density at radius 1 is 0.413 bits per heavy atom. The van der Waals surface area contributed by atoms with Gasteiger partial charge in [0.2, 0.25) is 100 Å². The molecule has 1 aliphatic heterocycles. The van der Waals surface area contributed by atoms with Gasteiger partial charge in [0, 0.05) is 55.6 Å². The molecule has 0 saturated carbocycles. The number of amides is 17. The van der Waals surface area contributed by atoms with Gasteiger partial charge in [-0.25, -0.2) is 9.59 Å². The van der Waals surface area contributed by atoms with E-state index in [2.05, 4.69) is 79.4 Å². The number of nitrogens with zero attached hydrogens (tertiary/aromatic N) is 1. The molecule has 14 atom stereocenters. The van der Waals surface area contributed by atoms with Crippen LogP contribution in [0.25, 0.3) is 22.0 Å². The van der Waals surface area contributed by atoms with Crippen molar-refractivity contribution in [2.75, 3.05) is 44.9 Å². The molecule has 0 spiro atoms. The van der Waals surface area contributed by atoms with Crippen LogP contribution in [0.2, 0.25) is 0 Å². The van der Waals surface area contributed by atoms with Gasteiger partial charge in [0.25, 0.3) is 0 Å². The summed E-state index contributed by atoms with van der Waals surface area (Å²) in [7, 11) is 1.26. The monoisotopic (exact) mass is 2010 g/mol. The zero-order valence-electron chi connectivity index (χ0n) is 81.6. The number of nitrogens with one attached hydrogen (secondary N) is 15. The molecular weight excluding hydrogens is 1880 g/mol. The Bertz CT molecular complexity index is 5490. The first-order valence-corrected chi connectivity index (χ1v) is 47.7. The van der Waals surface area contributed by atoms with Crippen LogP contribution in [0.3, 0.4) is 0 Å². The number of hydrogen-bond acceptors (Lipinski definition) is 24. The number of likely N-dealkylation sites (N-methyl/N-ethyl adjacent to an activating group) is 1. The first-order valence-electron chi connectivity index (χ1n) is 46.6. The number of nitrogens with two attached hydrogens (primary N) is 2. The first-order chi connectivity index (χ1) is 67.6. The number of para-hydroxylation sites is 1. The van der Waals surface area contributed by atoms with E-state index < -0.39 is 297 Å². The quantitative estimate of drug-likeness (QED) is 0.0256. The van der Waals surface area contributed by atoms with Crippen LogP contribution < -0.4 is 95.4 Å². The van der Waals surface area contributed by atoms with Crippen LogP contribution in [0, 0.1) is 29.6 Å². The average Bonchev–Trinajstić information content (AvgIpc) is 1.20. The van der Waals surface area contributed by atoms with Crippen molar-refractivity contribution < 1.29 is 126 Å². The molecule has 44 nitrogen and oxygen atoms in total. The maximum Gasteiger partial charge on any atom is 0.341 e. The number of carboxylic acids is 3. The third-order valence-electron chi connectivity index (χ3n) is 22.9. The van der Waals surface area contributed by atoms with Gasteiger partial charge in [0.15, 0.2) is 13.2 Å². The van der Waals surface area contributed by atoms with Gasteiger partial charge in [-0.3, -0.25) is 86.3 Å². The van der Waals surface area contributed by atoms with Gasteiger partial charge < -0.3 is 126 Å². The Balaban J connectivity index is 1.36. The summed E-state index contributed by atoms with van der Waals surface area (Å²) in [5, 5.41) is 76.2. The molecule has 143 heavy (non-hydrogen) atoms. The molecule has 7 rings (SSSR count). The molecular formula is C98H130N18O26S. The largest absolute Gasteiger partial charge is 0.482 e. The van der Waals surface area contributed by atoms with Gasteiger partial charge in [-0.15, -0.1) is 11.8 Å². The zero-order chi connectivity index (χ0) is 106. The van der Waals surface area contributed by atoms with E-state index in [0.29, 0.717) is 33.8 Å². The highest BCUT2D eigenvalue weighted by atomic mass is 32.2. The summed E-state index contributed by atoms with van der Waals surface area (Å²) in [6.45, 7) is 14.1. The SMILES string of the molecule is CC(C)C[C@@H]1NC(=O)[C@H](Cc2c[nH]c3ccccc23)NC(=O)[C@H](CC(=O)O)NC(=O)[C@H](Cc2ccc(OCC(=O)O)cc2)NC(=O)[C@H](Cc2ccc(OCC(=O)O)cc2)NC(=O)CSC[C@@H](C(=O)NCC(N)=O)NC(=O)[C@H](CO)NC(=O)[C@H](C(C)C)NC(=O)[C@H](CC(C)C)NC(=O)[C@H](CC(N)=O)NC(=O)[C@@H](CC(C)C)NC(=O)[C@H](C)N(C)C(=O)[C@H](C(C)C)NC(=O)[C@H](Cc2ccc(-c3ccccc3)cc2)NC1=O. The highest BCUT2D eigenvalue weighted by Gasteiger charge is 2.42. The summed E-state index contributed by atoms with van der Waals surface area (Å²) in [5.41, 5.74) is 14.5. The summed E-state index contributed by atoms with van der Waals surface area (Å²) < 4.78 is 10.6. The highest BCUT2D eigenvalue weighted by Crippen LogP contribution is 2.25. The minimum Gasteiger partial charge on any atom is -0.482 e. The predicted molar refractivity (Wildman–Crippen MR) is 522 cm³/mol.